The summed E-state index contributed by atoms with van der Waals surface area (Å²) in [6.45, 7) is 8.82. The van der Waals surface area contributed by atoms with Crippen molar-refractivity contribution in [3.63, 3.8) is 0 Å². The third kappa shape index (κ3) is 3.46. The van der Waals surface area contributed by atoms with Crippen molar-refractivity contribution in [3.05, 3.63) is 29.8 Å². The lowest BCUT2D eigenvalue weighted by atomic mass is 10.1. The molecular formula is C20H31N3O. The number of piperidine rings is 1. The molecule has 24 heavy (non-hydrogen) atoms. The van der Waals surface area contributed by atoms with Crippen LogP contribution < -0.4 is 4.90 Å². The van der Waals surface area contributed by atoms with Gasteiger partial charge in [0.2, 0.25) is 0 Å². The Morgan fingerprint density at radius 3 is 2.50 bits per heavy atom. The largest absolute Gasteiger partial charge is 0.392 e. The maximum Gasteiger partial charge on any atom is 0.0682 e. The molecule has 1 aromatic carbocycles. The third-order valence-corrected chi connectivity index (χ3v) is 6.12. The van der Waals surface area contributed by atoms with E-state index in [4.69, 9.17) is 0 Å². The van der Waals surface area contributed by atoms with Crippen LogP contribution in [0, 0.1) is 0 Å². The molecule has 0 radical (unpaired) electrons. The minimum Gasteiger partial charge on any atom is -0.392 e. The molecule has 0 bridgehead atoms. The van der Waals surface area contributed by atoms with Crippen molar-refractivity contribution < 1.29 is 5.11 Å². The second-order valence-corrected chi connectivity index (χ2v) is 7.99. The van der Waals surface area contributed by atoms with Crippen LogP contribution >= 0.6 is 0 Å². The molecule has 3 fully saturated rings. The molecule has 3 aliphatic heterocycles. The number of rotatable bonds is 3. The van der Waals surface area contributed by atoms with Gasteiger partial charge in [-0.25, -0.2) is 0 Å². The van der Waals surface area contributed by atoms with E-state index in [9.17, 15) is 5.11 Å². The van der Waals surface area contributed by atoms with E-state index in [0.717, 1.165) is 32.6 Å². The standard InChI is InChI=1S/C20H31N3O/c1-16-12-23-15-20(24)11-19(23)14-22(16)13-17-5-7-18(8-6-17)21-9-3-2-4-10-21/h5-8,16,19-20,24H,2-4,9-15H2,1H3/t16-,19?,20+/m0/s1. The van der Waals surface area contributed by atoms with Crippen LogP contribution in [-0.2, 0) is 6.54 Å². The van der Waals surface area contributed by atoms with Crippen LogP contribution in [0.5, 0.6) is 0 Å². The molecular weight excluding hydrogens is 298 g/mol. The van der Waals surface area contributed by atoms with E-state index in [-0.39, 0.29) is 6.10 Å². The lowest BCUT2D eigenvalue weighted by Gasteiger charge is -2.42. The molecule has 3 saturated heterocycles. The summed E-state index contributed by atoms with van der Waals surface area (Å²) in [5.74, 6) is 0. The normalized spacial score (nSPS) is 32.1. The summed E-state index contributed by atoms with van der Waals surface area (Å²) in [7, 11) is 0. The maximum atomic E-state index is 9.91. The molecule has 1 aromatic rings. The summed E-state index contributed by atoms with van der Waals surface area (Å²) >= 11 is 0. The fourth-order valence-electron chi connectivity index (χ4n) is 4.70. The molecule has 3 atom stereocenters. The summed E-state index contributed by atoms with van der Waals surface area (Å²) < 4.78 is 0. The van der Waals surface area contributed by atoms with Gasteiger partial charge in [-0.1, -0.05) is 12.1 Å². The Bertz CT molecular complexity index is 540. The van der Waals surface area contributed by atoms with Crippen LogP contribution in [-0.4, -0.2) is 65.8 Å². The topological polar surface area (TPSA) is 30.0 Å². The van der Waals surface area contributed by atoms with Gasteiger partial charge < -0.3 is 10.0 Å². The summed E-state index contributed by atoms with van der Waals surface area (Å²) in [5.41, 5.74) is 2.80. The van der Waals surface area contributed by atoms with Gasteiger partial charge in [0, 0.05) is 57.0 Å². The van der Waals surface area contributed by atoms with Gasteiger partial charge in [0.1, 0.15) is 0 Å². The van der Waals surface area contributed by atoms with Gasteiger partial charge in [-0.3, -0.25) is 9.80 Å². The number of aliphatic hydroxyl groups excluding tert-OH is 1. The first kappa shape index (κ1) is 16.4. The summed E-state index contributed by atoms with van der Waals surface area (Å²) in [5, 5.41) is 9.91. The van der Waals surface area contributed by atoms with Crippen LogP contribution in [0.1, 0.15) is 38.2 Å². The number of piperazine rings is 1. The minimum absolute atomic E-state index is 0.119. The second-order valence-electron chi connectivity index (χ2n) is 7.99. The van der Waals surface area contributed by atoms with E-state index >= 15 is 0 Å². The van der Waals surface area contributed by atoms with Crippen LogP contribution in [0.3, 0.4) is 0 Å². The molecule has 1 unspecified atom stereocenters. The highest BCUT2D eigenvalue weighted by molar-refractivity contribution is 5.47. The van der Waals surface area contributed by atoms with Crippen molar-refractivity contribution in [3.8, 4) is 0 Å². The van der Waals surface area contributed by atoms with Gasteiger partial charge in [0.05, 0.1) is 6.10 Å². The Hall–Kier alpha value is -1.10. The van der Waals surface area contributed by atoms with Crippen molar-refractivity contribution in [1.82, 2.24) is 9.80 Å². The van der Waals surface area contributed by atoms with E-state index in [1.54, 1.807) is 0 Å². The highest BCUT2D eigenvalue weighted by Crippen LogP contribution is 2.27. The Labute approximate surface area is 146 Å². The monoisotopic (exact) mass is 329 g/mol. The first-order chi connectivity index (χ1) is 11.7. The molecule has 0 amide bonds. The molecule has 4 nitrogen and oxygen atoms in total. The molecule has 0 spiro atoms. The SMILES string of the molecule is C[C@H]1CN2C[C@H](O)CC2CN1Cc1ccc(N2CCCCC2)cc1. The van der Waals surface area contributed by atoms with E-state index in [2.05, 4.69) is 45.9 Å². The zero-order valence-corrected chi connectivity index (χ0v) is 14.9. The predicted molar refractivity (Wildman–Crippen MR) is 98.4 cm³/mol. The maximum absolute atomic E-state index is 9.91. The van der Waals surface area contributed by atoms with Gasteiger partial charge in [-0.05, 0) is 50.3 Å². The smallest absolute Gasteiger partial charge is 0.0682 e. The number of hydrogen-bond acceptors (Lipinski definition) is 4. The molecule has 4 rings (SSSR count). The van der Waals surface area contributed by atoms with Gasteiger partial charge in [-0.2, -0.15) is 0 Å². The van der Waals surface area contributed by atoms with Gasteiger partial charge >= 0.3 is 0 Å². The van der Waals surface area contributed by atoms with Crippen molar-refractivity contribution >= 4 is 5.69 Å². The van der Waals surface area contributed by atoms with Crippen LogP contribution in [0.2, 0.25) is 0 Å². The van der Waals surface area contributed by atoms with Crippen molar-refractivity contribution in [1.29, 1.82) is 0 Å². The summed E-state index contributed by atoms with van der Waals surface area (Å²) in [4.78, 5) is 7.59. The average Bonchev–Trinajstić information content (AvgIpc) is 2.95. The fourth-order valence-corrected chi connectivity index (χ4v) is 4.70. The van der Waals surface area contributed by atoms with Crippen molar-refractivity contribution in [2.24, 2.45) is 0 Å². The number of hydrogen-bond donors (Lipinski definition) is 1. The molecule has 1 N–H and O–H groups in total. The molecule has 3 aliphatic rings. The molecule has 0 saturated carbocycles. The fraction of sp³-hybridized carbons (Fsp3) is 0.700. The zero-order chi connectivity index (χ0) is 16.5. The Kier molecular flexibility index (Phi) is 4.79. The molecule has 4 heteroatoms. The highest BCUT2D eigenvalue weighted by Gasteiger charge is 2.37. The lowest BCUT2D eigenvalue weighted by molar-refractivity contribution is 0.0528. The van der Waals surface area contributed by atoms with Crippen molar-refractivity contribution in [2.45, 2.75) is 57.3 Å². The Balaban J connectivity index is 1.38. The lowest BCUT2D eigenvalue weighted by Crippen LogP contribution is -2.54. The van der Waals surface area contributed by atoms with Gasteiger partial charge in [0.25, 0.3) is 0 Å². The number of nitrogens with zero attached hydrogens (tertiary/aromatic N) is 3. The van der Waals surface area contributed by atoms with E-state index < -0.39 is 0 Å². The molecule has 3 heterocycles. The Morgan fingerprint density at radius 2 is 1.75 bits per heavy atom. The highest BCUT2D eigenvalue weighted by atomic mass is 16.3. The van der Waals surface area contributed by atoms with Crippen molar-refractivity contribution in [2.75, 3.05) is 37.6 Å². The van der Waals surface area contributed by atoms with Crippen LogP contribution in [0.15, 0.2) is 24.3 Å². The second kappa shape index (κ2) is 7.03. The minimum atomic E-state index is -0.119. The first-order valence-electron chi connectivity index (χ1n) is 9.69. The number of anilines is 1. The van der Waals surface area contributed by atoms with E-state index in [1.807, 2.05) is 0 Å². The van der Waals surface area contributed by atoms with E-state index in [0.29, 0.717) is 12.1 Å². The zero-order valence-electron chi connectivity index (χ0n) is 14.9. The number of fused-ring (bicyclic) bond motifs is 1. The van der Waals surface area contributed by atoms with Gasteiger partial charge in [0.15, 0.2) is 0 Å². The summed E-state index contributed by atoms with van der Waals surface area (Å²) in [6, 6.07) is 10.3. The van der Waals surface area contributed by atoms with E-state index in [1.165, 1.54) is 43.6 Å². The predicted octanol–water partition coefficient (Wildman–Crippen LogP) is 2.32. The molecule has 0 aliphatic carbocycles. The average molecular weight is 329 g/mol. The third-order valence-electron chi connectivity index (χ3n) is 6.12. The molecule has 132 valence electrons. The quantitative estimate of drug-likeness (QED) is 0.922. The summed E-state index contributed by atoms with van der Waals surface area (Å²) in [6.07, 6.45) is 4.87. The van der Waals surface area contributed by atoms with Gasteiger partial charge in [-0.15, -0.1) is 0 Å². The van der Waals surface area contributed by atoms with Crippen LogP contribution in [0.4, 0.5) is 5.69 Å². The number of aliphatic hydroxyl groups is 1. The van der Waals surface area contributed by atoms with Crippen LogP contribution in [0.25, 0.3) is 0 Å². The number of benzene rings is 1. The molecule has 0 aromatic heterocycles. The Morgan fingerprint density at radius 1 is 1.00 bits per heavy atom. The first-order valence-corrected chi connectivity index (χ1v) is 9.69.